The van der Waals surface area contributed by atoms with Gasteiger partial charge in [-0.25, -0.2) is 9.97 Å². The molecule has 1 aromatic rings. The van der Waals surface area contributed by atoms with E-state index in [9.17, 15) is 9.59 Å². The molecule has 0 saturated carbocycles. The van der Waals surface area contributed by atoms with Gasteiger partial charge in [-0.05, 0) is 6.42 Å². The lowest BCUT2D eigenvalue weighted by atomic mass is 10.2. The Morgan fingerprint density at radius 2 is 1.95 bits per heavy atom. The maximum absolute atomic E-state index is 11.5. The fourth-order valence-corrected chi connectivity index (χ4v) is 2.02. The van der Waals surface area contributed by atoms with Gasteiger partial charge in [0.05, 0.1) is 13.1 Å². The summed E-state index contributed by atoms with van der Waals surface area (Å²) in [5, 5.41) is 5.51. The smallest absolute Gasteiger partial charge is 0.246 e. The molecule has 1 saturated heterocycles. The Morgan fingerprint density at radius 3 is 2.52 bits per heavy atom. The Labute approximate surface area is 124 Å². The van der Waals surface area contributed by atoms with E-state index < -0.39 is 0 Å². The first-order chi connectivity index (χ1) is 9.99. The van der Waals surface area contributed by atoms with E-state index in [0.717, 1.165) is 18.8 Å². The second kappa shape index (κ2) is 6.51. The minimum atomic E-state index is -0.306. The minimum absolute atomic E-state index is 0.132. The van der Waals surface area contributed by atoms with E-state index in [-0.39, 0.29) is 30.8 Å². The Bertz CT molecular complexity index is 528. The molecule has 0 spiro atoms. The predicted molar refractivity (Wildman–Crippen MR) is 80.3 cm³/mol. The van der Waals surface area contributed by atoms with E-state index in [2.05, 4.69) is 27.5 Å². The van der Waals surface area contributed by atoms with Crippen LogP contribution in [0, 0.1) is 0 Å². The molecule has 1 aromatic heterocycles. The molecule has 0 unspecified atom stereocenters. The molecule has 1 aliphatic rings. The fraction of sp³-hybridized carbons (Fsp3) is 0.571. The van der Waals surface area contributed by atoms with Crippen molar-refractivity contribution in [3.05, 3.63) is 11.9 Å². The zero-order valence-corrected chi connectivity index (χ0v) is 12.6. The van der Waals surface area contributed by atoms with Gasteiger partial charge in [0.15, 0.2) is 0 Å². The molecule has 0 atom stereocenters. The van der Waals surface area contributed by atoms with Crippen molar-refractivity contribution in [1.82, 2.24) is 15.3 Å². The van der Waals surface area contributed by atoms with Gasteiger partial charge in [0.2, 0.25) is 11.8 Å². The van der Waals surface area contributed by atoms with Crippen molar-refractivity contribution in [3.63, 3.8) is 0 Å². The van der Waals surface area contributed by atoms with Crippen LogP contribution >= 0.6 is 0 Å². The van der Waals surface area contributed by atoms with Crippen LogP contribution in [0.5, 0.6) is 0 Å². The average molecular weight is 291 g/mol. The van der Waals surface area contributed by atoms with E-state index in [0.29, 0.717) is 11.6 Å². The maximum atomic E-state index is 11.5. The zero-order chi connectivity index (χ0) is 15.4. The molecule has 0 radical (unpaired) electrons. The van der Waals surface area contributed by atoms with Crippen LogP contribution in [-0.2, 0) is 9.59 Å². The van der Waals surface area contributed by atoms with Crippen molar-refractivity contribution in [2.24, 2.45) is 0 Å². The highest BCUT2D eigenvalue weighted by Gasteiger charge is 2.24. The molecule has 2 heterocycles. The largest absolute Gasteiger partial charge is 0.370 e. The summed E-state index contributed by atoms with van der Waals surface area (Å²) in [5.41, 5.74) is 0. The van der Waals surface area contributed by atoms with Gasteiger partial charge in [-0.15, -0.1) is 0 Å². The molecule has 2 rings (SSSR count). The lowest BCUT2D eigenvalue weighted by molar-refractivity contribution is -0.130. The monoisotopic (exact) mass is 291 g/mol. The number of nitrogens with one attached hydrogen (secondary N) is 2. The molecule has 7 heteroatoms. The number of rotatable bonds is 5. The molecule has 114 valence electrons. The van der Waals surface area contributed by atoms with Crippen molar-refractivity contribution in [3.8, 4) is 0 Å². The van der Waals surface area contributed by atoms with Gasteiger partial charge >= 0.3 is 0 Å². The van der Waals surface area contributed by atoms with Gasteiger partial charge in [-0.2, -0.15) is 0 Å². The maximum Gasteiger partial charge on any atom is 0.246 e. The van der Waals surface area contributed by atoms with Gasteiger partial charge in [0.25, 0.3) is 0 Å². The summed E-state index contributed by atoms with van der Waals surface area (Å²) in [6.07, 6.45) is 0.987. The molecule has 1 fully saturated rings. The summed E-state index contributed by atoms with van der Waals surface area (Å²) in [6, 6.07) is 1.79. The van der Waals surface area contributed by atoms with Crippen LogP contribution in [0.15, 0.2) is 6.07 Å². The summed E-state index contributed by atoms with van der Waals surface area (Å²) >= 11 is 0. The van der Waals surface area contributed by atoms with Crippen LogP contribution in [0.1, 0.15) is 38.9 Å². The van der Waals surface area contributed by atoms with E-state index >= 15 is 0 Å². The highest BCUT2D eigenvalue weighted by Crippen LogP contribution is 2.20. The van der Waals surface area contributed by atoms with Crippen molar-refractivity contribution in [2.45, 2.75) is 33.1 Å². The number of carbonyl (C=O) groups excluding carboxylic acids is 2. The lowest BCUT2D eigenvalue weighted by Crippen LogP contribution is -2.51. The molecule has 21 heavy (non-hydrogen) atoms. The van der Waals surface area contributed by atoms with Crippen LogP contribution in [-0.4, -0.2) is 41.4 Å². The first-order valence-corrected chi connectivity index (χ1v) is 7.20. The molecular formula is C14H21N5O2. The first kappa shape index (κ1) is 15.2. The number of carbonyl (C=O) groups is 2. The molecule has 7 nitrogen and oxygen atoms in total. The van der Waals surface area contributed by atoms with Crippen LogP contribution in [0.25, 0.3) is 0 Å². The van der Waals surface area contributed by atoms with Crippen LogP contribution < -0.4 is 15.5 Å². The zero-order valence-electron chi connectivity index (χ0n) is 12.6. The Hall–Kier alpha value is -2.18. The molecule has 0 aromatic carbocycles. The fourth-order valence-electron chi connectivity index (χ4n) is 2.02. The highest BCUT2D eigenvalue weighted by molar-refractivity contribution is 6.02. The lowest BCUT2D eigenvalue weighted by Gasteiger charge is -2.27. The number of nitrogens with zero attached hydrogens (tertiary/aromatic N) is 3. The Kier molecular flexibility index (Phi) is 4.72. The number of piperazine rings is 1. The van der Waals surface area contributed by atoms with Gasteiger partial charge in [0.1, 0.15) is 17.5 Å². The molecule has 0 aliphatic carbocycles. The van der Waals surface area contributed by atoms with Crippen molar-refractivity contribution in [1.29, 1.82) is 0 Å². The second-order valence-corrected chi connectivity index (χ2v) is 5.38. The van der Waals surface area contributed by atoms with Gasteiger partial charge < -0.3 is 10.2 Å². The SMILES string of the molecule is CCCNc1cc(N2CC(=O)NC(=O)C2)nc(C(C)C)n1. The minimum Gasteiger partial charge on any atom is -0.370 e. The Balaban J connectivity index is 2.30. The van der Waals surface area contributed by atoms with Crippen molar-refractivity contribution >= 4 is 23.5 Å². The molecule has 2 N–H and O–H groups in total. The Morgan fingerprint density at radius 1 is 1.29 bits per heavy atom. The summed E-state index contributed by atoms with van der Waals surface area (Å²) < 4.78 is 0. The van der Waals surface area contributed by atoms with Gasteiger partial charge in [-0.1, -0.05) is 20.8 Å². The number of hydrogen-bond acceptors (Lipinski definition) is 6. The molecule has 2 amide bonds. The molecule has 1 aliphatic heterocycles. The van der Waals surface area contributed by atoms with E-state index in [4.69, 9.17) is 0 Å². The summed E-state index contributed by atoms with van der Waals surface area (Å²) in [7, 11) is 0. The molecular weight excluding hydrogens is 270 g/mol. The number of aromatic nitrogens is 2. The third-order valence-electron chi connectivity index (χ3n) is 3.07. The number of amides is 2. The quantitative estimate of drug-likeness (QED) is 0.783. The summed E-state index contributed by atoms with van der Waals surface area (Å²) in [5.74, 6) is 1.59. The van der Waals surface area contributed by atoms with Crippen molar-refractivity contribution in [2.75, 3.05) is 29.9 Å². The predicted octanol–water partition coefficient (Wildman–Crippen LogP) is 0.885. The normalized spacial score (nSPS) is 15.3. The summed E-state index contributed by atoms with van der Waals surface area (Å²) in [4.78, 5) is 33.6. The topological polar surface area (TPSA) is 87.2 Å². The van der Waals surface area contributed by atoms with Gasteiger partial charge in [0, 0.05) is 18.5 Å². The van der Waals surface area contributed by atoms with E-state index in [1.807, 2.05) is 13.8 Å². The first-order valence-electron chi connectivity index (χ1n) is 7.20. The third-order valence-corrected chi connectivity index (χ3v) is 3.07. The molecule has 0 bridgehead atoms. The number of imide groups is 1. The highest BCUT2D eigenvalue weighted by atomic mass is 16.2. The second-order valence-electron chi connectivity index (χ2n) is 5.38. The van der Waals surface area contributed by atoms with Crippen LogP contribution in [0.3, 0.4) is 0 Å². The van der Waals surface area contributed by atoms with Gasteiger partial charge in [-0.3, -0.25) is 14.9 Å². The van der Waals surface area contributed by atoms with Crippen LogP contribution in [0.2, 0.25) is 0 Å². The number of anilines is 2. The van der Waals surface area contributed by atoms with E-state index in [1.165, 1.54) is 0 Å². The van der Waals surface area contributed by atoms with Crippen LogP contribution in [0.4, 0.5) is 11.6 Å². The van der Waals surface area contributed by atoms with Crippen molar-refractivity contribution < 1.29 is 9.59 Å². The van der Waals surface area contributed by atoms with E-state index in [1.54, 1.807) is 11.0 Å². The number of hydrogen-bond donors (Lipinski definition) is 2. The average Bonchev–Trinajstić information content (AvgIpc) is 2.43. The standard InChI is InChI=1S/C14H21N5O2/c1-4-5-15-10-6-11(17-14(16-10)9(2)3)19-7-12(20)18-13(21)8-19/h6,9H,4-5,7-8H2,1-3H3,(H,15,16,17)(H,18,20,21). The third kappa shape index (κ3) is 3.90. The summed E-state index contributed by atoms with van der Waals surface area (Å²) in [6.45, 7) is 7.17.